The number of aliphatic hydroxyl groups is 1. The lowest BCUT2D eigenvalue weighted by Gasteiger charge is -2.21. The van der Waals surface area contributed by atoms with Crippen molar-refractivity contribution in [3.8, 4) is 0 Å². The maximum Gasteiger partial charge on any atom is 0.472 e. The molecule has 0 rings (SSSR count). The van der Waals surface area contributed by atoms with E-state index in [1.807, 2.05) is 0 Å². The summed E-state index contributed by atoms with van der Waals surface area (Å²) in [4.78, 5) is 73.1. The van der Waals surface area contributed by atoms with E-state index in [9.17, 15) is 43.2 Å². The van der Waals surface area contributed by atoms with Crippen molar-refractivity contribution in [3.05, 3.63) is 0 Å². The third-order valence-corrected chi connectivity index (χ3v) is 21.8. The van der Waals surface area contributed by atoms with E-state index in [0.29, 0.717) is 25.7 Å². The second kappa shape index (κ2) is 73.6. The molecule has 7 atom stereocenters. The van der Waals surface area contributed by atoms with Crippen LogP contribution in [0.3, 0.4) is 0 Å². The number of ether oxygens (including phenoxy) is 4. The molecule has 0 amide bonds. The Morgan fingerprint density at radius 3 is 0.703 bits per heavy atom. The van der Waals surface area contributed by atoms with Crippen molar-refractivity contribution in [2.45, 2.75) is 452 Å². The summed E-state index contributed by atoms with van der Waals surface area (Å²) in [7, 11) is -9.92. The van der Waals surface area contributed by atoms with E-state index in [1.54, 1.807) is 0 Å². The van der Waals surface area contributed by atoms with E-state index >= 15 is 0 Å². The Morgan fingerprint density at radius 2 is 0.475 bits per heavy atom. The molecule has 3 N–H and O–H groups in total. The van der Waals surface area contributed by atoms with Gasteiger partial charge in [-0.05, 0) is 37.5 Å². The van der Waals surface area contributed by atoms with Crippen LogP contribution >= 0.6 is 15.6 Å². The van der Waals surface area contributed by atoms with Gasteiger partial charge in [-0.15, -0.1) is 0 Å². The molecule has 0 aromatic rings. The van der Waals surface area contributed by atoms with Gasteiger partial charge >= 0.3 is 39.5 Å². The number of hydrogen-bond donors (Lipinski definition) is 3. The fraction of sp³-hybridized carbons (Fsp3) is 0.951. The topological polar surface area (TPSA) is 237 Å². The van der Waals surface area contributed by atoms with Gasteiger partial charge in [0, 0.05) is 25.7 Å². The number of carbonyl (C=O) groups is 4. The minimum Gasteiger partial charge on any atom is -0.462 e. The lowest BCUT2D eigenvalue weighted by Crippen LogP contribution is -2.30. The number of carbonyl (C=O) groups excluding carboxylic acids is 4. The highest BCUT2D eigenvalue weighted by molar-refractivity contribution is 7.47. The van der Waals surface area contributed by atoms with Crippen LogP contribution in [-0.4, -0.2) is 96.7 Å². The summed E-state index contributed by atoms with van der Waals surface area (Å²) in [5.74, 6) is -0.456. The van der Waals surface area contributed by atoms with Crippen molar-refractivity contribution in [3.63, 3.8) is 0 Å². The largest absolute Gasteiger partial charge is 0.472 e. The maximum absolute atomic E-state index is 13.1. The van der Waals surface area contributed by atoms with Crippen LogP contribution in [0.4, 0.5) is 0 Å². The standard InChI is InChI=1S/C82H160O17P2/c1-7-11-13-15-17-19-21-23-24-25-26-30-34-41-47-53-59-65-80(85)93-70-77(98-81(86)66-60-54-48-42-35-31-28-27-29-32-38-44-50-56-62-74(5)9-3)72-96-100(88,89)94-68-76(83)69-95-101(90,91)97-73-78(71-92-79(84)64-58-52-46-40-33-22-20-18-16-14-12-8-2)99-82(87)67-61-55-49-43-37-36-39-45-51-57-63-75(6)10-4/h74-78,83H,7-73H2,1-6H3,(H,88,89)(H,90,91)/t74?,75?,76-,77-,78-/m1/s1. The minimum atomic E-state index is -4.96. The van der Waals surface area contributed by atoms with Crippen LogP contribution in [0.25, 0.3) is 0 Å². The summed E-state index contributed by atoms with van der Waals surface area (Å²) < 4.78 is 68.8. The first kappa shape index (κ1) is 99.1. The van der Waals surface area contributed by atoms with Gasteiger partial charge < -0.3 is 33.8 Å². The van der Waals surface area contributed by atoms with Crippen LogP contribution in [0.1, 0.15) is 433 Å². The zero-order valence-corrected chi connectivity index (χ0v) is 68.0. The number of phosphoric ester groups is 2. The molecule has 0 aliphatic carbocycles. The van der Waals surface area contributed by atoms with Crippen LogP contribution in [0.2, 0.25) is 0 Å². The van der Waals surface area contributed by atoms with Gasteiger partial charge in [0.15, 0.2) is 12.2 Å². The van der Waals surface area contributed by atoms with Gasteiger partial charge in [-0.2, -0.15) is 0 Å². The molecule has 0 aromatic carbocycles. The monoisotopic (exact) mass is 1480 g/mol. The van der Waals surface area contributed by atoms with Gasteiger partial charge in [-0.3, -0.25) is 37.3 Å². The molecule has 0 radical (unpaired) electrons. The van der Waals surface area contributed by atoms with Crippen molar-refractivity contribution in [1.82, 2.24) is 0 Å². The van der Waals surface area contributed by atoms with Gasteiger partial charge in [0.25, 0.3) is 0 Å². The SMILES string of the molecule is CCCCCCCCCCCCCCCCCCCC(=O)OC[C@H](COP(=O)(O)OC[C@@H](O)COP(=O)(O)OC[C@@H](COC(=O)CCCCCCCCCCCCCC)OC(=O)CCCCCCCCCCCCC(C)CC)OC(=O)CCCCCCCCCCCCCCCCC(C)CC. The first-order valence-corrected chi connectivity index (χ1v) is 45.6. The van der Waals surface area contributed by atoms with Gasteiger partial charge in [0.2, 0.25) is 0 Å². The van der Waals surface area contributed by atoms with E-state index < -0.39 is 97.5 Å². The Morgan fingerprint density at radius 1 is 0.277 bits per heavy atom. The maximum atomic E-state index is 13.1. The Kier molecular flexibility index (Phi) is 72.2. The lowest BCUT2D eigenvalue weighted by molar-refractivity contribution is -0.161. The summed E-state index contributed by atoms with van der Waals surface area (Å²) >= 11 is 0. The quantitative estimate of drug-likeness (QED) is 0.0222. The van der Waals surface area contributed by atoms with Crippen LogP contribution in [0.15, 0.2) is 0 Å². The predicted octanol–water partition coefficient (Wildman–Crippen LogP) is 24.7. The fourth-order valence-electron chi connectivity index (χ4n) is 12.6. The van der Waals surface area contributed by atoms with Crippen LogP contribution in [0.5, 0.6) is 0 Å². The molecular formula is C82H160O17P2. The molecule has 0 aliphatic heterocycles. The molecule has 0 heterocycles. The number of hydrogen-bond acceptors (Lipinski definition) is 15. The van der Waals surface area contributed by atoms with Crippen molar-refractivity contribution < 1.29 is 80.2 Å². The van der Waals surface area contributed by atoms with E-state index in [1.165, 1.54) is 250 Å². The summed E-state index contributed by atoms with van der Waals surface area (Å²) in [6.07, 6.45) is 63.5. The normalized spacial score (nSPS) is 14.4. The third kappa shape index (κ3) is 73.4. The van der Waals surface area contributed by atoms with E-state index in [0.717, 1.165) is 102 Å². The van der Waals surface area contributed by atoms with E-state index in [2.05, 4.69) is 41.5 Å². The van der Waals surface area contributed by atoms with E-state index in [4.69, 9.17) is 37.0 Å². The molecule has 600 valence electrons. The number of rotatable bonds is 81. The second-order valence-electron chi connectivity index (χ2n) is 30.0. The third-order valence-electron chi connectivity index (χ3n) is 19.9. The molecule has 19 heteroatoms. The highest BCUT2D eigenvalue weighted by Crippen LogP contribution is 2.45. The van der Waals surface area contributed by atoms with Gasteiger partial charge in [0.05, 0.1) is 26.4 Å². The van der Waals surface area contributed by atoms with Crippen LogP contribution in [0, 0.1) is 11.8 Å². The Balaban J connectivity index is 5.27. The number of aliphatic hydroxyl groups excluding tert-OH is 1. The molecule has 0 saturated carbocycles. The lowest BCUT2D eigenvalue weighted by atomic mass is 9.99. The minimum absolute atomic E-state index is 0.107. The molecule has 4 unspecified atom stereocenters. The summed E-state index contributed by atoms with van der Waals surface area (Å²) in [5.41, 5.74) is 0. The highest BCUT2D eigenvalue weighted by Gasteiger charge is 2.30. The number of phosphoric acid groups is 2. The molecular weight excluding hydrogens is 1320 g/mol. The van der Waals surface area contributed by atoms with Crippen molar-refractivity contribution in [2.75, 3.05) is 39.6 Å². The highest BCUT2D eigenvalue weighted by atomic mass is 31.2. The number of unbranched alkanes of at least 4 members (excludes halogenated alkanes) is 49. The fourth-order valence-corrected chi connectivity index (χ4v) is 14.2. The van der Waals surface area contributed by atoms with Gasteiger partial charge in [-0.25, -0.2) is 9.13 Å². The molecule has 17 nitrogen and oxygen atoms in total. The molecule has 0 aromatic heterocycles. The van der Waals surface area contributed by atoms with Gasteiger partial charge in [0.1, 0.15) is 19.3 Å². The van der Waals surface area contributed by atoms with E-state index in [-0.39, 0.29) is 25.7 Å². The average Bonchev–Trinajstić information content (AvgIpc) is 0.977. The van der Waals surface area contributed by atoms with Crippen molar-refractivity contribution in [2.24, 2.45) is 11.8 Å². The Bertz CT molecular complexity index is 1950. The molecule has 0 spiro atoms. The Labute approximate surface area is 619 Å². The van der Waals surface area contributed by atoms with Crippen LogP contribution < -0.4 is 0 Å². The molecule has 101 heavy (non-hydrogen) atoms. The summed E-state index contributed by atoms with van der Waals surface area (Å²) in [6.45, 7) is 9.73. The Hall–Kier alpha value is -1.94. The zero-order chi connectivity index (χ0) is 74.2. The molecule has 0 bridgehead atoms. The van der Waals surface area contributed by atoms with Crippen molar-refractivity contribution >= 4 is 39.5 Å². The van der Waals surface area contributed by atoms with Crippen molar-refractivity contribution in [1.29, 1.82) is 0 Å². The predicted molar refractivity (Wildman–Crippen MR) is 414 cm³/mol. The average molecular weight is 1480 g/mol. The molecule has 0 fully saturated rings. The summed E-state index contributed by atoms with van der Waals surface area (Å²) in [5, 5.41) is 10.7. The zero-order valence-electron chi connectivity index (χ0n) is 66.2. The molecule has 0 aliphatic rings. The molecule has 0 saturated heterocycles. The first-order chi connectivity index (χ1) is 48.9. The summed E-state index contributed by atoms with van der Waals surface area (Å²) in [6, 6.07) is 0. The number of esters is 4. The smallest absolute Gasteiger partial charge is 0.462 e. The second-order valence-corrected chi connectivity index (χ2v) is 32.9. The van der Waals surface area contributed by atoms with Gasteiger partial charge in [-0.1, -0.05) is 382 Å². The van der Waals surface area contributed by atoms with Crippen LogP contribution in [-0.2, 0) is 65.4 Å². The first-order valence-electron chi connectivity index (χ1n) is 42.6.